The van der Waals surface area contributed by atoms with E-state index in [1.54, 1.807) is 0 Å². The van der Waals surface area contributed by atoms with E-state index in [0.717, 1.165) is 6.42 Å². The number of nitriles is 1. The quantitative estimate of drug-likeness (QED) is 0.856. The van der Waals surface area contributed by atoms with Gasteiger partial charge in [-0.2, -0.15) is 10.4 Å². The van der Waals surface area contributed by atoms with E-state index < -0.39 is 5.97 Å². The third kappa shape index (κ3) is 2.52. The molecule has 0 unspecified atom stereocenters. The Kier molecular flexibility index (Phi) is 4.32. The van der Waals surface area contributed by atoms with E-state index in [2.05, 4.69) is 5.10 Å². The number of hydrogen-bond donors (Lipinski definition) is 1. The van der Waals surface area contributed by atoms with Crippen LogP contribution in [0.5, 0.6) is 0 Å². The summed E-state index contributed by atoms with van der Waals surface area (Å²) < 4.78 is 1.37. The lowest BCUT2D eigenvalue weighted by Gasteiger charge is -1.97. The van der Waals surface area contributed by atoms with Crippen LogP contribution < -0.4 is 0 Å². The second-order valence-electron chi connectivity index (χ2n) is 3.30. The smallest absolute Gasteiger partial charge is 0.340 e. The summed E-state index contributed by atoms with van der Waals surface area (Å²) in [6.07, 6.45) is 1.62. The van der Waals surface area contributed by atoms with Gasteiger partial charge in [0.05, 0.1) is 24.7 Å². The summed E-state index contributed by atoms with van der Waals surface area (Å²) in [7, 11) is 0. The molecule has 16 heavy (non-hydrogen) atoms. The van der Waals surface area contributed by atoms with Crippen molar-refractivity contribution in [2.75, 3.05) is 0 Å². The monoisotopic (exact) mass is 241 g/mol. The van der Waals surface area contributed by atoms with E-state index in [1.165, 1.54) is 4.68 Å². The zero-order valence-corrected chi connectivity index (χ0v) is 9.66. The van der Waals surface area contributed by atoms with Gasteiger partial charge in [-0.15, -0.1) is 0 Å². The van der Waals surface area contributed by atoms with Crippen molar-refractivity contribution in [3.05, 3.63) is 16.4 Å². The lowest BCUT2D eigenvalue weighted by molar-refractivity contribution is 0.0696. The standard InChI is InChI=1S/C10H12ClN3O2/c1-2-4-7-8(10(15)16)9(11)14(13-7)6-3-5-12/h2-4,6H2,1H3,(H,15,16). The van der Waals surface area contributed by atoms with Gasteiger partial charge in [0, 0.05) is 0 Å². The van der Waals surface area contributed by atoms with Gasteiger partial charge in [0.15, 0.2) is 0 Å². The molecule has 5 nitrogen and oxygen atoms in total. The maximum atomic E-state index is 11.0. The zero-order chi connectivity index (χ0) is 12.1. The van der Waals surface area contributed by atoms with Crippen molar-refractivity contribution >= 4 is 17.6 Å². The molecule has 6 heteroatoms. The summed E-state index contributed by atoms with van der Waals surface area (Å²) in [5.74, 6) is -1.07. The molecule has 0 aliphatic rings. The van der Waals surface area contributed by atoms with E-state index in [-0.39, 0.29) is 17.1 Å². The number of carbonyl (C=O) groups is 1. The van der Waals surface area contributed by atoms with Crippen LogP contribution in [0.3, 0.4) is 0 Å². The summed E-state index contributed by atoms with van der Waals surface area (Å²) in [5.41, 5.74) is 0.541. The molecule has 0 amide bonds. The van der Waals surface area contributed by atoms with Crippen LogP contribution in [-0.4, -0.2) is 20.9 Å². The molecule has 1 rings (SSSR count). The van der Waals surface area contributed by atoms with Crippen LogP contribution in [0.4, 0.5) is 0 Å². The van der Waals surface area contributed by atoms with Crippen LogP contribution in [0.1, 0.15) is 35.8 Å². The third-order valence-corrected chi connectivity index (χ3v) is 2.48. The lowest BCUT2D eigenvalue weighted by Crippen LogP contribution is -2.01. The molecule has 86 valence electrons. The Balaban J connectivity index is 3.09. The fourth-order valence-electron chi connectivity index (χ4n) is 1.42. The molecule has 0 aliphatic carbocycles. The van der Waals surface area contributed by atoms with Gasteiger partial charge < -0.3 is 5.11 Å². The predicted octanol–water partition coefficient (Wildman–Crippen LogP) is 2.10. The van der Waals surface area contributed by atoms with Crippen LogP contribution in [-0.2, 0) is 13.0 Å². The first-order chi connectivity index (χ1) is 7.61. The number of halogens is 1. The van der Waals surface area contributed by atoms with Crippen molar-refractivity contribution in [2.24, 2.45) is 0 Å². The van der Waals surface area contributed by atoms with Crippen LogP contribution in [0.25, 0.3) is 0 Å². The van der Waals surface area contributed by atoms with Crippen LogP contribution in [0.2, 0.25) is 5.15 Å². The van der Waals surface area contributed by atoms with E-state index in [4.69, 9.17) is 22.0 Å². The molecule has 0 radical (unpaired) electrons. The van der Waals surface area contributed by atoms with Crippen molar-refractivity contribution in [2.45, 2.75) is 32.7 Å². The molecule has 0 aromatic carbocycles. The summed E-state index contributed by atoms with van der Waals surface area (Å²) in [6, 6.07) is 1.97. The summed E-state index contributed by atoms with van der Waals surface area (Å²) in [5, 5.41) is 21.7. The second-order valence-corrected chi connectivity index (χ2v) is 3.66. The number of aryl methyl sites for hydroxylation is 2. The number of hydrogen-bond acceptors (Lipinski definition) is 3. The highest BCUT2D eigenvalue weighted by molar-refractivity contribution is 6.32. The molecule has 0 saturated heterocycles. The van der Waals surface area contributed by atoms with Crippen molar-refractivity contribution in [3.8, 4) is 6.07 Å². The minimum Gasteiger partial charge on any atom is -0.478 e. The topological polar surface area (TPSA) is 78.9 Å². The first-order valence-corrected chi connectivity index (χ1v) is 5.35. The summed E-state index contributed by atoms with van der Waals surface area (Å²) >= 11 is 5.91. The van der Waals surface area contributed by atoms with Crippen LogP contribution >= 0.6 is 11.6 Å². The number of rotatable bonds is 5. The van der Waals surface area contributed by atoms with Crippen LogP contribution in [0, 0.1) is 11.3 Å². The van der Waals surface area contributed by atoms with E-state index in [1.807, 2.05) is 13.0 Å². The van der Waals surface area contributed by atoms with Gasteiger partial charge in [-0.1, -0.05) is 24.9 Å². The maximum Gasteiger partial charge on any atom is 0.340 e. The van der Waals surface area contributed by atoms with Gasteiger partial charge >= 0.3 is 5.97 Å². The lowest BCUT2D eigenvalue weighted by atomic mass is 10.2. The Morgan fingerprint density at radius 3 is 2.88 bits per heavy atom. The number of carboxylic acids is 1. The van der Waals surface area contributed by atoms with Gasteiger partial charge in [-0.3, -0.25) is 4.68 Å². The fourth-order valence-corrected chi connectivity index (χ4v) is 1.73. The molecule has 0 fully saturated rings. The van der Waals surface area contributed by atoms with Gasteiger partial charge in [-0.05, 0) is 6.42 Å². The number of carboxylic acid groups (broad SMARTS) is 1. The van der Waals surface area contributed by atoms with Gasteiger partial charge in [0.1, 0.15) is 10.7 Å². The zero-order valence-electron chi connectivity index (χ0n) is 8.90. The summed E-state index contributed by atoms with van der Waals surface area (Å²) in [6.45, 7) is 2.26. The van der Waals surface area contributed by atoms with Crippen molar-refractivity contribution in [1.82, 2.24) is 9.78 Å². The molecule has 1 aromatic rings. The Bertz CT molecular complexity index is 434. The average Bonchev–Trinajstić information content (AvgIpc) is 2.53. The largest absolute Gasteiger partial charge is 0.478 e. The van der Waals surface area contributed by atoms with Gasteiger partial charge in [0.25, 0.3) is 0 Å². The first kappa shape index (κ1) is 12.5. The van der Waals surface area contributed by atoms with Crippen molar-refractivity contribution in [1.29, 1.82) is 5.26 Å². The molecular weight excluding hydrogens is 230 g/mol. The van der Waals surface area contributed by atoms with Crippen molar-refractivity contribution in [3.63, 3.8) is 0 Å². The number of aromatic carboxylic acids is 1. The Morgan fingerprint density at radius 2 is 2.38 bits per heavy atom. The minimum atomic E-state index is -1.07. The first-order valence-electron chi connectivity index (χ1n) is 4.97. The van der Waals surface area contributed by atoms with Gasteiger partial charge in [-0.25, -0.2) is 4.79 Å². The molecule has 0 bridgehead atoms. The summed E-state index contributed by atoms with van der Waals surface area (Å²) in [4.78, 5) is 11.0. The Morgan fingerprint density at radius 1 is 1.69 bits per heavy atom. The SMILES string of the molecule is CCCc1nn(CCC#N)c(Cl)c1C(=O)O. The highest BCUT2D eigenvalue weighted by Gasteiger charge is 2.21. The van der Waals surface area contributed by atoms with E-state index >= 15 is 0 Å². The van der Waals surface area contributed by atoms with E-state index in [9.17, 15) is 4.79 Å². The molecule has 1 aromatic heterocycles. The molecule has 0 saturated carbocycles. The molecule has 1 N–H and O–H groups in total. The average molecular weight is 242 g/mol. The Labute approximate surface area is 98.2 Å². The molecule has 1 heterocycles. The molecule has 0 spiro atoms. The molecule has 0 aliphatic heterocycles. The molecule has 0 atom stereocenters. The molecular formula is C10H12ClN3O2. The van der Waals surface area contributed by atoms with Gasteiger partial charge in [0.2, 0.25) is 0 Å². The minimum absolute atomic E-state index is 0.0569. The maximum absolute atomic E-state index is 11.0. The number of nitrogens with zero attached hydrogens (tertiary/aromatic N) is 3. The third-order valence-electron chi connectivity index (χ3n) is 2.10. The number of aromatic nitrogens is 2. The van der Waals surface area contributed by atoms with Crippen molar-refractivity contribution < 1.29 is 9.90 Å². The highest BCUT2D eigenvalue weighted by atomic mass is 35.5. The normalized spacial score (nSPS) is 10.1. The second kappa shape index (κ2) is 5.52. The fraction of sp³-hybridized carbons (Fsp3) is 0.500. The van der Waals surface area contributed by atoms with Crippen LogP contribution in [0.15, 0.2) is 0 Å². The Hall–Kier alpha value is -1.54. The van der Waals surface area contributed by atoms with E-state index in [0.29, 0.717) is 18.7 Å². The highest BCUT2D eigenvalue weighted by Crippen LogP contribution is 2.21. The predicted molar refractivity (Wildman–Crippen MR) is 58.4 cm³/mol.